The highest BCUT2D eigenvalue weighted by atomic mass is 35.5. The number of hydrogen-bond acceptors (Lipinski definition) is 2. The van der Waals surface area contributed by atoms with E-state index in [0.717, 1.165) is 5.56 Å². The molecule has 4 heteroatoms. The summed E-state index contributed by atoms with van der Waals surface area (Å²) in [6.07, 6.45) is 0.649. The van der Waals surface area contributed by atoms with Gasteiger partial charge in [-0.25, -0.2) is 4.39 Å². The molecule has 0 aliphatic carbocycles. The van der Waals surface area contributed by atoms with Crippen molar-refractivity contribution in [1.82, 2.24) is 0 Å². The standard InChI is InChI=1S/C14H10ClFO2/c1-9-5-6-11(16)7-13(9)18-14-10(8-17)3-2-4-12(14)15/h2-8H,1H3. The summed E-state index contributed by atoms with van der Waals surface area (Å²) >= 11 is 5.97. The molecule has 0 unspecified atom stereocenters. The Morgan fingerprint density at radius 2 is 2.06 bits per heavy atom. The molecule has 0 atom stereocenters. The predicted molar refractivity (Wildman–Crippen MR) is 68.1 cm³/mol. The number of rotatable bonds is 3. The van der Waals surface area contributed by atoms with Crippen LogP contribution in [0.1, 0.15) is 15.9 Å². The molecule has 0 aliphatic rings. The summed E-state index contributed by atoms with van der Waals surface area (Å²) in [4.78, 5) is 10.9. The van der Waals surface area contributed by atoms with Crippen molar-refractivity contribution in [2.24, 2.45) is 0 Å². The molecule has 92 valence electrons. The highest BCUT2D eigenvalue weighted by Crippen LogP contribution is 2.33. The highest BCUT2D eigenvalue weighted by molar-refractivity contribution is 6.32. The SMILES string of the molecule is Cc1ccc(F)cc1Oc1c(Cl)cccc1C=O. The van der Waals surface area contributed by atoms with E-state index >= 15 is 0 Å². The summed E-state index contributed by atoms with van der Waals surface area (Å²) in [6.45, 7) is 1.78. The average molecular weight is 265 g/mol. The summed E-state index contributed by atoms with van der Waals surface area (Å²) in [5.74, 6) is 0.171. The third-order valence-corrected chi connectivity index (χ3v) is 2.78. The topological polar surface area (TPSA) is 26.3 Å². The molecule has 2 aromatic carbocycles. The average Bonchev–Trinajstić information content (AvgIpc) is 2.36. The molecule has 2 nitrogen and oxygen atoms in total. The van der Waals surface area contributed by atoms with Crippen LogP contribution in [0.3, 0.4) is 0 Å². The molecule has 0 heterocycles. The Balaban J connectivity index is 2.45. The van der Waals surface area contributed by atoms with Crippen molar-refractivity contribution in [2.45, 2.75) is 6.92 Å². The van der Waals surface area contributed by atoms with Crippen molar-refractivity contribution in [3.8, 4) is 11.5 Å². The van der Waals surface area contributed by atoms with Crippen LogP contribution in [0.5, 0.6) is 11.5 Å². The maximum atomic E-state index is 13.2. The van der Waals surface area contributed by atoms with E-state index in [1.807, 2.05) is 0 Å². The van der Waals surface area contributed by atoms with Gasteiger partial charge in [0.25, 0.3) is 0 Å². The number of ether oxygens (including phenoxy) is 1. The van der Waals surface area contributed by atoms with Gasteiger partial charge in [0.2, 0.25) is 0 Å². The lowest BCUT2D eigenvalue weighted by molar-refractivity contribution is 0.112. The number of carbonyl (C=O) groups is 1. The van der Waals surface area contributed by atoms with Crippen molar-refractivity contribution in [3.05, 3.63) is 58.4 Å². The molecule has 2 aromatic rings. The van der Waals surface area contributed by atoms with Crippen LogP contribution in [0.2, 0.25) is 5.02 Å². The van der Waals surface area contributed by atoms with Crippen LogP contribution in [0.15, 0.2) is 36.4 Å². The first-order valence-electron chi connectivity index (χ1n) is 5.29. The Morgan fingerprint density at radius 3 is 2.78 bits per heavy atom. The maximum Gasteiger partial charge on any atom is 0.156 e. The Morgan fingerprint density at radius 1 is 1.28 bits per heavy atom. The molecule has 2 rings (SSSR count). The molecule has 0 saturated carbocycles. The van der Waals surface area contributed by atoms with E-state index in [0.29, 0.717) is 22.6 Å². The third kappa shape index (κ3) is 2.51. The second-order valence-electron chi connectivity index (χ2n) is 3.79. The van der Waals surface area contributed by atoms with E-state index in [-0.39, 0.29) is 5.75 Å². The smallest absolute Gasteiger partial charge is 0.156 e. The number of aryl methyl sites for hydroxylation is 1. The van der Waals surface area contributed by atoms with Gasteiger partial charge in [0.15, 0.2) is 12.0 Å². The van der Waals surface area contributed by atoms with Crippen LogP contribution in [0.4, 0.5) is 4.39 Å². The lowest BCUT2D eigenvalue weighted by Gasteiger charge is -2.11. The van der Waals surface area contributed by atoms with Gasteiger partial charge in [-0.05, 0) is 30.7 Å². The summed E-state index contributed by atoms with van der Waals surface area (Å²) in [5.41, 5.74) is 1.08. The minimum atomic E-state index is -0.407. The monoisotopic (exact) mass is 264 g/mol. The van der Waals surface area contributed by atoms with Gasteiger partial charge < -0.3 is 4.74 Å². The van der Waals surface area contributed by atoms with Crippen LogP contribution in [-0.2, 0) is 0 Å². The number of aldehydes is 1. The van der Waals surface area contributed by atoms with Gasteiger partial charge in [-0.2, -0.15) is 0 Å². The van der Waals surface area contributed by atoms with Crippen LogP contribution in [0.25, 0.3) is 0 Å². The second-order valence-corrected chi connectivity index (χ2v) is 4.20. The molecule has 18 heavy (non-hydrogen) atoms. The van der Waals surface area contributed by atoms with E-state index in [1.165, 1.54) is 12.1 Å². The Hall–Kier alpha value is -1.87. The molecule has 0 aromatic heterocycles. The van der Waals surface area contributed by atoms with E-state index in [2.05, 4.69) is 0 Å². The van der Waals surface area contributed by atoms with E-state index in [1.54, 1.807) is 31.2 Å². The van der Waals surface area contributed by atoms with Crippen molar-refractivity contribution < 1.29 is 13.9 Å². The molecule has 0 radical (unpaired) electrons. The van der Waals surface area contributed by atoms with Gasteiger partial charge >= 0.3 is 0 Å². The number of hydrogen-bond donors (Lipinski definition) is 0. The van der Waals surface area contributed by atoms with Crippen molar-refractivity contribution in [2.75, 3.05) is 0 Å². The number of para-hydroxylation sites is 1. The van der Waals surface area contributed by atoms with Crippen LogP contribution in [0, 0.1) is 12.7 Å². The fraction of sp³-hybridized carbons (Fsp3) is 0.0714. The first-order chi connectivity index (χ1) is 8.61. The first kappa shape index (κ1) is 12.6. The third-order valence-electron chi connectivity index (χ3n) is 2.49. The molecule has 0 N–H and O–H groups in total. The molecule has 0 saturated heterocycles. The fourth-order valence-electron chi connectivity index (χ4n) is 1.52. The lowest BCUT2D eigenvalue weighted by Crippen LogP contribution is -1.94. The van der Waals surface area contributed by atoms with Crippen LogP contribution in [-0.4, -0.2) is 6.29 Å². The van der Waals surface area contributed by atoms with Crippen LogP contribution < -0.4 is 4.74 Å². The molecular formula is C14H10ClFO2. The van der Waals surface area contributed by atoms with Crippen LogP contribution >= 0.6 is 11.6 Å². The normalized spacial score (nSPS) is 10.2. The Kier molecular flexibility index (Phi) is 3.63. The largest absolute Gasteiger partial charge is 0.455 e. The van der Waals surface area contributed by atoms with E-state index < -0.39 is 5.82 Å². The Labute approximate surface area is 109 Å². The molecule has 0 spiro atoms. The van der Waals surface area contributed by atoms with Crippen molar-refractivity contribution in [1.29, 1.82) is 0 Å². The summed E-state index contributed by atoms with van der Waals surface area (Å²) in [7, 11) is 0. The van der Waals surface area contributed by atoms with E-state index in [9.17, 15) is 9.18 Å². The number of carbonyl (C=O) groups excluding carboxylic acids is 1. The minimum absolute atomic E-state index is 0.239. The number of benzene rings is 2. The predicted octanol–water partition coefficient (Wildman–Crippen LogP) is 4.39. The van der Waals surface area contributed by atoms with Crippen molar-refractivity contribution in [3.63, 3.8) is 0 Å². The maximum absolute atomic E-state index is 13.2. The molecule has 0 bridgehead atoms. The summed E-state index contributed by atoms with van der Waals surface area (Å²) in [6, 6.07) is 9.05. The summed E-state index contributed by atoms with van der Waals surface area (Å²) < 4.78 is 18.7. The van der Waals surface area contributed by atoms with Gasteiger partial charge in [0.05, 0.1) is 10.6 Å². The Bertz CT molecular complexity index is 596. The van der Waals surface area contributed by atoms with Crippen molar-refractivity contribution >= 4 is 17.9 Å². The number of halogens is 2. The van der Waals surface area contributed by atoms with E-state index in [4.69, 9.17) is 16.3 Å². The minimum Gasteiger partial charge on any atom is -0.455 e. The second kappa shape index (κ2) is 5.19. The zero-order valence-corrected chi connectivity index (χ0v) is 10.4. The van der Waals surface area contributed by atoms with Gasteiger partial charge in [-0.15, -0.1) is 0 Å². The van der Waals surface area contributed by atoms with Gasteiger partial charge in [-0.1, -0.05) is 23.7 Å². The zero-order chi connectivity index (χ0) is 13.1. The molecule has 0 fully saturated rings. The molecule has 0 amide bonds. The summed E-state index contributed by atoms with van der Waals surface area (Å²) in [5, 5.41) is 0.309. The highest BCUT2D eigenvalue weighted by Gasteiger charge is 2.11. The lowest BCUT2D eigenvalue weighted by atomic mass is 10.2. The quantitative estimate of drug-likeness (QED) is 0.769. The van der Waals surface area contributed by atoms with Gasteiger partial charge in [-0.3, -0.25) is 4.79 Å². The molecular weight excluding hydrogens is 255 g/mol. The first-order valence-corrected chi connectivity index (χ1v) is 5.67. The van der Waals surface area contributed by atoms with Gasteiger partial charge in [0.1, 0.15) is 11.6 Å². The molecule has 0 aliphatic heterocycles. The zero-order valence-electron chi connectivity index (χ0n) is 9.61. The fourth-order valence-corrected chi connectivity index (χ4v) is 1.74. The van der Waals surface area contributed by atoms with Gasteiger partial charge in [0, 0.05) is 6.07 Å².